The van der Waals surface area contributed by atoms with Gasteiger partial charge in [0.1, 0.15) is 11.9 Å². The zero-order valence-corrected chi connectivity index (χ0v) is 31.4. The molecule has 3 aromatic heterocycles. The molecule has 0 radical (unpaired) electrons. The van der Waals surface area contributed by atoms with Crippen LogP contribution >= 0.6 is 11.3 Å². The zero-order chi connectivity index (χ0) is 37.5. The summed E-state index contributed by atoms with van der Waals surface area (Å²) in [5.74, 6) is 2.84. The van der Waals surface area contributed by atoms with Crippen LogP contribution in [0.5, 0.6) is 5.75 Å². The lowest BCUT2D eigenvalue weighted by Gasteiger charge is -2.22. The van der Waals surface area contributed by atoms with Gasteiger partial charge in [0.25, 0.3) is 0 Å². The average Bonchev–Trinajstić information content (AvgIpc) is 3.96. The van der Waals surface area contributed by atoms with Crippen molar-refractivity contribution < 1.29 is 4.74 Å². The molecule has 0 bridgehead atoms. The molecule has 0 N–H and O–H groups in total. The maximum absolute atomic E-state index is 6.88. The molecule has 0 fully saturated rings. The Kier molecular flexibility index (Phi) is 7.16. The van der Waals surface area contributed by atoms with Crippen LogP contribution in [-0.2, 0) is 0 Å². The van der Waals surface area contributed by atoms with Gasteiger partial charge >= 0.3 is 0 Å². The quantitative estimate of drug-likeness (QED) is 0.176. The summed E-state index contributed by atoms with van der Waals surface area (Å²) < 4.78 is 11.7. The van der Waals surface area contributed by atoms with E-state index in [1.807, 2.05) is 17.4 Å². The minimum Gasteiger partial charge on any atom is -0.484 e. The molecule has 0 amide bonds. The lowest BCUT2D eigenvalue weighted by molar-refractivity contribution is 0.224. The van der Waals surface area contributed by atoms with E-state index in [4.69, 9.17) is 19.7 Å². The predicted octanol–water partition coefficient (Wildman–Crippen LogP) is 13.1. The van der Waals surface area contributed by atoms with E-state index in [9.17, 15) is 0 Å². The molecule has 10 aromatic rings. The molecular weight excluding hydrogens is 717 g/mol. The fraction of sp³-hybridized carbons (Fsp3) is 0.0392. The fourth-order valence-electron chi connectivity index (χ4n) is 8.77. The van der Waals surface area contributed by atoms with Crippen LogP contribution in [-0.4, -0.2) is 19.5 Å². The van der Waals surface area contributed by atoms with Crippen LogP contribution in [0.1, 0.15) is 28.8 Å². The molecule has 0 saturated heterocycles. The summed E-state index contributed by atoms with van der Waals surface area (Å²) in [6.07, 6.45) is 4.43. The van der Waals surface area contributed by atoms with Gasteiger partial charge in [-0.3, -0.25) is 0 Å². The van der Waals surface area contributed by atoms with Crippen molar-refractivity contribution in [1.82, 2.24) is 19.5 Å². The minimum atomic E-state index is -0.150. The van der Waals surface area contributed by atoms with E-state index >= 15 is 0 Å². The van der Waals surface area contributed by atoms with Crippen molar-refractivity contribution in [1.29, 1.82) is 0 Å². The Hall–Kier alpha value is -7.15. The van der Waals surface area contributed by atoms with E-state index in [0.717, 1.165) is 50.5 Å². The molecule has 7 aromatic carbocycles. The van der Waals surface area contributed by atoms with E-state index in [-0.39, 0.29) is 12.0 Å². The van der Waals surface area contributed by atoms with Gasteiger partial charge < -0.3 is 9.30 Å². The first-order valence-electron chi connectivity index (χ1n) is 19.3. The number of para-hydroxylation sites is 2. The Morgan fingerprint density at radius 2 is 1.12 bits per heavy atom. The second-order valence-electron chi connectivity index (χ2n) is 14.7. The standard InChI is InChI=1S/C51H32N4OS/c1-3-12-31(13-4-1)32-14-11-15-33(28-32)49-52-50(54-51(53-49)35-23-27-46-41(30-35)37-18-8-10-21-45(37)57-46)34-22-26-44-40(29-34)38-24-25-43-47(48(38)56-44)39-19-7-9-20-42(39)55(43)36-16-5-2-6-17-36/h1-30,38,48H. The van der Waals surface area contributed by atoms with E-state index in [0.29, 0.717) is 17.5 Å². The monoisotopic (exact) mass is 748 g/mol. The molecule has 4 heterocycles. The lowest BCUT2D eigenvalue weighted by Crippen LogP contribution is -2.13. The number of thiophene rings is 1. The third-order valence-corrected chi connectivity index (χ3v) is 12.6. The third-order valence-electron chi connectivity index (χ3n) is 11.4. The minimum absolute atomic E-state index is 0.0418. The van der Waals surface area contributed by atoms with Crippen molar-refractivity contribution in [3.63, 3.8) is 0 Å². The first-order chi connectivity index (χ1) is 28.2. The van der Waals surface area contributed by atoms with Gasteiger partial charge in [-0.1, -0.05) is 109 Å². The molecule has 0 spiro atoms. The number of nitrogens with zero attached hydrogens (tertiary/aromatic N) is 4. The summed E-state index contributed by atoms with van der Waals surface area (Å²) in [7, 11) is 0. The van der Waals surface area contributed by atoms with Crippen LogP contribution in [0, 0.1) is 0 Å². The topological polar surface area (TPSA) is 52.8 Å². The van der Waals surface area contributed by atoms with Crippen molar-refractivity contribution in [3.05, 3.63) is 193 Å². The molecule has 5 nitrogen and oxygen atoms in total. The van der Waals surface area contributed by atoms with Crippen LogP contribution in [0.3, 0.4) is 0 Å². The van der Waals surface area contributed by atoms with Crippen LogP contribution in [0.15, 0.2) is 176 Å². The van der Waals surface area contributed by atoms with Gasteiger partial charge in [-0.25, -0.2) is 15.0 Å². The highest BCUT2D eigenvalue weighted by molar-refractivity contribution is 7.25. The molecule has 0 saturated carbocycles. The third kappa shape index (κ3) is 5.18. The summed E-state index contributed by atoms with van der Waals surface area (Å²) in [5, 5.41) is 3.66. The smallest absolute Gasteiger partial charge is 0.164 e. The Bertz CT molecular complexity index is 3240. The highest BCUT2D eigenvalue weighted by atomic mass is 32.1. The summed E-state index contributed by atoms with van der Waals surface area (Å²) in [6.45, 7) is 0. The van der Waals surface area contributed by atoms with Crippen LogP contribution in [0.25, 0.3) is 88.1 Å². The molecule has 6 heteroatoms. The molecule has 12 rings (SSSR count). The Labute approximate surface area is 332 Å². The molecule has 1 aliphatic heterocycles. The fourth-order valence-corrected chi connectivity index (χ4v) is 9.85. The summed E-state index contributed by atoms with van der Waals surface area (Å²) in [6, 6.07) is 59.7. The molecule has 2 aliphatic rings. The van der Waals surface area contributed by atoms with Crippen LogP contribution in [0.4, 0.5) is 0 Å². The largest absolute Gasteiger partial charge is 0.484 e. The maximum atomic E-state index is 6.88. The Balaban J connectivity index is 0.994. The number of benzene rings is 7. The Morgan fingerprint density at radius 1 is 0.491 bits per heavy atom. The van der Waals surface area contributed by atoms with E-state index in [1.165, 1.54) is 36.6 Å². The number of ether oxygens (including phenoxy) is 1. The van der Waals surface area contributed by atoms with Crippen LogP contribution < -0.4 is 4.74 Å². The molecule has 2 unspecified atom stereocenters. The number of rotatable bonds is 5. The van der Waals surface area contributed by atoms with Gasteiger partial charge in [0, 0.05) is 65.0 Å². The summed E-state index contributed by atoms with van der Waals surface area (Å²) in [5.41, 5.74) is 10.9. The molecular formula is C51H32N4OS. The van der Waals surface area contributed by atoms with Gasteiger partial charge in [-0.2, -0.15) is 0 Å². The number of hydrogen-bond donors (Lipinski definition) is 0. The zero-order valence-electron chi connectivity index (χ0n) is 30.6. The number of hydrogen-bond acceptors (Lipinski definition) is 5. The van der Waals surface area contributed by atoms with Gasteiger partial charge in [-0.15, -0.1) is 11.3 Å². The molecule has 57 heavy (non-hydrogen) atoms. The number of aromatic nitrogens is 4. The van der Waals surface area contributed by atoms with Gasteiger partial charge in [0.05, 0.1) is 11.2 Å². The summed E-state index contributed by atoms with van der Waals surface area (Å²) in [4.78, 5) is 15.6. The SMILES string of the molecule is C1=CC2c3cc(-c4nc(-c5cccc(-c6ccccc6)c5)nc(-c5ccc6sc7ccccc7c6c5)n4)ccc3OC2c2c1n(-c1ccccc1)c1ccccc21. The van der Waals surface area contributed by atoms with Crippen molar-refractivity contribution in [2.24, 2.45) is 0 Å². The van der Waals surface area contributed by atoms with Crippen molar-refractivity contribution in [2.45, 2.75) is 12.0 Å². The Morgan fingerprint density at radius 3 is 1.95 bits per heavy atom. The van der Waals surface area contributed by atoms with Crippen molar-refractivity contribution >= 4 is 48.5 Å². The normalized spacial score (nSPS) is 15.4. The first kappa shape index (κ1) is 32.1. The maximum Gasteiger partial charge on any atom is 0.164 e. The average molecular weight is 749 g/mol. The first-order valence-corrected chi connectivity index (χ1v) is 20.1. The molecule has 1 aliphatic carbocycles. The van der Waals surface area contributed by atoms with Gasteiger partial charge in [-0.05, 0) is 83.9 Å². The second-order valence-corrected chi connectivity index (χ2v) is 15.8. The number of fused-ring (bicyclic) bond motifs is 10. The van der Waals surface area contributed by atoms with Gasteiger partial charge in [0.2, 0.25) is 0 Å². The second kappa shape index (κ2) is 12.7. The van der Waals surface area contributed by atoms with Crippen molar-refractivity contribution in [3.8, 4) is 56.7 Å². The van der Waals surface area contributed by atoms with E-state index in [2.05, 4.69) is 181 Å². The molecule has 2 atom stereocenters. The van der Waals surface area contributed by atoms with E-state index < -0.39 is 0 Å². The lowest BCUT2D eigenvalue weighted by atomic mass is 9.85. The highest BCUT2D eigenvalue weighted by Crippen LogP contribution is 2.53. The van der Waals surface area contributed by atoms with E-state index in [1.54, 1.807) is 0 Å². The van der Waals surface area contributed by atoms with Crippen LogP contribution in [0.2, 0.25) is 0 Å². The molecule has 268 valence electrons. The predicted molar refractivity (Wildman–Crippen MR) is 233 cm³/mol. The summed E-state index contributed by atoms with van der Waals surface area (Å²) >= 11 is 1.81. The highest BCUT2D eigenvalue weighted by Gasteiger charge is 2.40. The van der Waals surface area contributed by atoms with Crippen molar-refractivity contribution in [2.75, 3.05) is 0 Å². The van der Waals surface area contributed by atoms with Gasteiger partial charge in [0.15, 0.2) is 17.5 Å².